The lowest BCUT2D eigenvalue weighted by atomic mass is 10.2. The molecular weight excluding hydrogens is 362 g/mol. The molecule has 1 aromatic heterocycles. The highest BCUT2D eigenvalue weighted by atomic mass is 16.5. The maximum atomic E-state index is 6.10. The molecule has 4 aromatic rings. The molecule has 0 aliphatic carbocycles. The molecule has 0 saturated heterocycles. The molecule has 0 saturated carbocycles. The van der Waals surface area contributed by atoms with Crippen LogP contribution in [0.15, 0.2) is 103 Å². The fraction of sp³-hybridized carbons (Fsp3) is 0.0800. The van der Waals surface area contributed by atoms with Gasteiger partial charge in [0.05, 0.1) is 0 Å². The highest BCUT2D eigenvalue weighted by Crippen LogP contribution is 2.38. The van der Waals surface area contributed by atoms with Gasteiger partial charge >= 0.3 is 0 Å². The minimum absolute atomic E-state index is 0.373. The van der Waals surface area contributed by atoms with Crippen LogP contribution < -0.4 is 14.2 Å². The average Bonchev–Trinajstić information content (AvgIpc) is 2.79. The SMILES string of the molecule is c1ccc(COc2ccnc(Oc3ccccc3)c2OCc2ccccc2)cc1. The highest BCUT2D eigenvalue weighted by Gasteiger charge is 2.16. The first-order valence-corrected chi connectivity index (χ1v) is 9.44. The van der Waals surface area contributed by atoms with E-state index in [1.54, 1.807) is 12.3 Å². The maximum absolute atomic E-state index is 6.10. The van der Waals surface area contributed by atoms with Gasteiger partial charge in [-0.05, 0) is 23.3 Å². The van der Waals surface area contributed by atoms with Crippen molar-refractivity contribution in [2.24, 2.45) is 0 Å². The zero-order chi connectivity index (χ0) is 19.7. The lowest BCUT2D eigenvalue weighted by Gasteiger charge is -2.16. The molecule has 4 nitrogen and oxygen atoms in total. The van der Waals surface area contributed by atoms with E-state index in [1.807, 2.05) is 91.0 Å². The molecule has 4 heteroatoms. The van der Waals surface area contributed by atoms with Crippen molar-refractivity contribution in [2.45, 2.75) is 13.2 Å². The van der Waals surface area contributed by atoms with Gasteiger partial charge in [0.2, 0.25) is 5.75 Å². The molecule has 0 aliphatic heterocycles. The number of nitrogens with zero attached hydrogens (tertiary/aromatic N) is 1. The lowest BCUT2D eigenvalue weighted by molar-refractivity contribution is 0.244. The minimum atomic E-state index is 0.373. The molecule has 0 aliphatic rings. The summed E-state index contributed by atoms with van der Waals surface area (Å²) in [6.07, 6.45) is 1.66. The van der Waals surface area contributed by atoms with E-state index in [1.165, 1.54) is 0 Å². The predicted octanol–water partition coefficient (Wildman–Crippen LogP) is 6.03. The second kappa shape index (κ2) is 9.42. The molecular formula is C25H21NO3. The highest BCUT2D eigenvalue weighted by molar-refractivity contribution is 5.48. The second-order valence-electron chi connectivity index (χ2n) is 6.41. The summed E-state index contributed by atoms with van der Waals surface area (Å²) in [7, 11) is 0. The summed E-state index contributed by atoms with van der Waals surface area (Å²) in [4.78, 5) is 4.37. The van der Waals surface area contributed by atoms with Crippen LogP contribution in [0.25, 0.3) is 0 Å². The van der Waals surface area contributed by atoms with Crippen molar-refractivity contribution < 1.29 is 14.2 Å². The molecule has 0 bridgehead atoms. The summed E-state index contributed by atoms with van der Waals surface area (Å²) in [5, 5.41) is 0. The van der Waals surface area contributed by atoms with Crippen LogP contribution in [-0.4, -0.2) is 4.98 Å². The van der Waals surface area contributed by atoms with Gasteiger partial charge in [0.1, 0.15) is 19.0 Å². The van der Waals surface area contributed by atoms with E-state index in [9.17, 15) is 0 Å². The third kappa shape index (κ3) is 5.14. The number of hydrogen-bond donors (Lipinski definition) is 0. The maximum Gasteiger partial charge on any atom is 0.266 e. The molecule has 0 spiro atoms. The number of benzene rings is 3. The standard InChI is InChI=1S/C25H21NO3/c1-4-10-20(11-5-1)18-27-23-16-17-26-25(29-22-14-8-3-9-15-22)24(23)28-19-21-12-6-2-7-13-21/h1-17H,18-19H2. The lowest BCUT2D eigenvalue weighted by Crippen LogP contribution is -2.03. The van der Waals surface area contributed by atoms with Crippen LogP contribution in [0.5, 0.6) is 23.1 Å². The molecule has 0 amide bonds. The van der Waals surface area contributed by atoms with E-state index in [2.05, 4.69) is 4.98 Å². The molecule has 1 heterocycles. The van der Waals surface area contributed by atoms with Crippen LogP contribution in [0, 0.1) is 0 Å². The minimum Gasteiger partial charge on any atom is -0.485 e. The number of hydrogen-bond acceptors (Lipinski definition) is 4. The molecule has 0 fully saturated rings. The third-order valence-electron chi connectivity index (χ3n) is 4.26. The molecule has 3 aromatic carbocycles. The van der Waals surface area contributed by atoms with Crippen LogP contribution in [0.2, 0.25) is 0 Å². The Kier molecular flexibility index (Phi) is 6.03. The smallest absolute Gasteiger partial charge is 0.266 e. The molecule has 4 rings (SSSR count). The molecule has 29 heavy (non-hydrogen) atoms. The zero-order valence-electron chi connectivity index (χ0n) is 15.9. The van der Waals surface area contributed by atoms with Crippen LogP contribution in [0.1, 0.15) is 11.1 Å². The number of pyridine rings is 1. The van der Waals surface area contributed by atoms with Gasteiger partial charge in [-0.25, -0.2) is 4.98 Å². The fourth-order valence-corrected chi connectivity index (χ4v) is 2.80. The van der Waals surface area contributed by atoms with Gasteiger partial charge in [-0.2, -0.15) is 0 Å². The molecule has 0 N–H and O–H groups in total. The van der Waals surface area contributed by atoms with Gasteiger partial charge in [-0.1, -0.05) is 78.9 Å². The number of rotatable bonds is 8. The Balaban J connectivity index is 1.59. The quantitative estimate of drug-likeness (QED) is 0.372. The summed E-state index contributed by atoms with van der Waals surface area (Å²) in [5.74, 6) is 2.13. The first-order chi connectivity index (χ1) is 14.4. The number of aromatic nitrogens is 1. The largest absolute Gasteiger partial charge is 0.485 e. The van der Waals surface area contributed by atoms with Gasteiger partial charge in [-0.15, -0.1) is 0 Å². The Morgan fingerprint density at radius 1 is 0.586 bits per heavy atom. The summed E-state index contributed by atoms with van der Waals surface area (Å²) in [6.45, 7) is 0.816. The second-order valence-corrected chi connectivity index (χ2v) is 6.41. The summed E-state index contributed by atoms with van der Waals surface area (Å²) < 4.78 is 18.1. The number of para-hydroxylation sites is 1. The third-order valence-corrected chi connectivity index (χ3v) is 4.26. The van der Waals surface area contributed by atoms with Crippen molar-refractivity contribution in [1.82, 2.24) is 4.98 Å². The van der Waals surface area contributed by atoms with Gasteiger partial charge in [0.15, 0.2) is 5.75 Å². The fourth-order valence-electron chi connectivity index (χ4n) is 2.80. The van der Waals surface area contributed by atoms with E-state index in [-0.39, 0.29) is 0 Å². The van der Waals surface area contributed by atoms with Crippen LogP contribution in [0.3, 0.4) is 0 Å². The predicted molar refractivity (Wildman–Crippen MR) is 112 cm³/mol. The van der Waals surface area contributed by atoms with Crippen molar-refractivity contribution in [3.8, 4) is 23.1 Å². The van der Waals surface area contributed by atoms with Gasteiger partial charge in [0, 0.05) is 12.3 Å². The van der Waals surface area contributed by atoms with Crippen LogP contribution >= 0.6 is 0 Å². The summed E-state index contributed by atoms with van der Waals surface area (Å²) >= 11 is 0. The monoisotopic (exact) mass is 383 g/mol. The van der Waals surface area contributed by atoms with E-state index in [4.69, 9.17) is 14.2 Å². The molecule has 0 radical (unpaired) electrons. The van der Waals surface area contributed by atoms with Crippen molar-refractivity contribution >= 4 is 0 Å². The Bertz CT molecular complexity index is 1020. The van der Waals surface area contributed by atoms with Crippen LogP contribution in [0.4, 0.5) is 0 Å². The molecule has 144 valence electrons. The van der Waals surface area contributed by atoms with Crippen molar-refractivity contribution in [1.29, 1.82) is 0 Å². The summed E-state index contributed by atoms with van der Waals surface area (Å²) in [6, 6.07) is 31.3. The topological polar surface area (TPSA) is 40.6 Å². The molecule has 0 atom stereocenters. The van der Waals surface area contributed by atoms with Gasteiger partial charge < -0.3 is 14.2 Å². The number of ether oxygens (including phenoxy) is 3. The normalized spacial score (nSPS) is 10.3. The van der Waals surface area contributed by atoms with Crippen molar-refractivity contribution in [3.05, 3.63) is 114 Å². The Labute approximate surface area is 170 Å². The molecule has 0 unspecified atom stereocenters. The van der Waals surface area contributed by atoms with E-state index in [0.29, 0.717) is 36.3 Å². The van der Waals surface area contributed by atoms with Crippen LogP contribution in [-0.2, 0) is 13.2 Å². The first kappa shape index (κ1) is 18.6. The Hall–Kier alpha value is -3.79. The Morgan fingerprint density at radius 2 is 1.14 bits per heavy atom. The summed E-state index contributed by atoms with van der Waals surface area (Å²) in [5.41, 5.74) is 2.12. The van der Waals surface area contributed by atoms with Crippen molar-refractivity contribution in [3.63, 3.8) is 0 Å². The van der Waals surface area contributed by atoms with Crippen molar-refractivity contribution in [2.75, 3.05) is 0 Å². The van der Waals surface area contributed by atoms with E-state index >= 15 is 0 Å². The van der Waals surface area contributed by atoms with Gasteiger partial charge in [-0.3, -0.25) is 0 Å². The van der Waals surface area contributed by atoms with E-state index < -0.39 is 0 Å². The zero-order valence-corrected chi connectivity index (χ0v) is 15.9. The van der Waals surface area contributed by atoms with Gasteiger partial charge in [0.25, 0.3) is 5.88 Å². The average molecular weight is 383 g/mol. The Morgan fingerprint density at radius 3 is 1.76 bits per heavy atom. The van der Waals surface area contributed by atoms with E-state index in [0.717, 1.165) is 11.1 Å². The first-order valence-electron chi connectivity index (χ1n) is 9.44.